The summed E-state index contributed by atoms with van der Waals surface area (Å²) in [6.45, 7) is 6.06. The zero-order chi connectivity index (χ0) is 22.2. The number of thiazole rings is 1. The Morgan fingerprint density at radius 1 is 1.24 bits per heavy atom. The highest BCUT2D eigenvalue weighted by atomic mass is 32.1. The number of rotatable bonds is 8. The number of ether oxygens (including phenoxy) is 2. The second-order valence-corrected chi connectivity index (χ2v) is 7.48. The van der Waals surface area contributed by atoms with Gasteiger partial charge in [-0.05, 0) is 27.2 Å². The van der Waals surface area contributed by atoms with E-state index in [0.29, 0.717) is 17.2 Å². The number of carboxylic acid groups (broad SMARTS) is 2. The number of amides is 3. The predicted molar refractivity (Wildman–Crippen MR) is 99.8 cm³/mol. The summed E-state index contributed by atoms with van der Waals surface area (Å²) in [5.41, 5.74) is -0.0709. The molecule has 3 amide bonds. The van der Waals surface area contributed by atoms with Crippen LogP contribution in [0.3, 0.4) is 0 Å². The molecule has 1 aromatic rings. The standard InChI is InChI=1S/C16H23N3O9S/c1-5-9(6-26-11(20)7-27-19(14(22)23)15(24)25)10-8-29-12(17-10)18-13(21)28-16(2,3)4/h8-9H,5-7H2,1-4H3,(H,22,23)(H,24,25)(H,17,18,21). The van der Waals surface area contributed by atoms with Gasteiger partial charge < -0.3 is 19.7 Å². The first-order valence-electron chi connectivity index (χ1n) is 8.42. The van der Waals surface area contributed by atoms with Gasteiger partial charge in [-0.1, -0.05) is 12.0 Å². The number of hydrogen-bond acceptors (Lipinski definition) is 9. The molecular formula is C16H23N3O9S. The molecule has 13 heteroatoms. The molecule has 0 radical (unpaired) electrons. The number of nitrogens with one attached hydrogen (secondary N) is 1. The van der Waals surface area contributed by atoms with E-state index in [-0.39, 0.29) is 12.5 Å². The van der Waals surface area contributed by atoms with Gasteiger partial charge in [0.25, 0.3) is 0 Å². The minimum atomic E-state index is -1.88. The maximum absolute atomic E-state index is 11.8. The van der Waals surface area contributed by atoms with Crippen LogP contribution >= 0.6 is 11.3 Å². The van der Waals surface area contributed by atoms with E-state index in [9.17, 15) is 19.2 Å². The van der Waals surface area contributed by atoms with E-state index in [1.165, 1.54) is 11.3 Å². The Bertz CT molecular complexity index is 730. The summed E-state index contributed by atoms with van der Waals surface area (Å²) < 4.78 is 10.1. The van der Waals surface area contributed by atoms with Crippen LogP contribution in [0, 0.1) is 0 Å². The number of aromatic nitrogens is 1. The van der Waals surface area contributed by atoms with Gasteiger partial charge in [0, 0.05) is 11.3 Å². The van der Waals surface area contributed by atoms with Crippen molar-refractivity contribution >= 4 is 40.7 Å². The number of carbonyl (C=O) groups is 4. The summed E-state index contributed by atoms with van der Waals surface area (Å²) in [5, 5.41) is 21.4. The van der Waals surface area contributed by atoms with Crippen LogP contribution in [0.25, 0.3) is 0 Å². The van der Waals surface area contributed by atoms with Crippen molar-refractivity contribution in [2.45, 2.75) is 45.6 Å². The van der Waals surface area contributed by atoms with E-state index in [0.717, 1.165) is 0 Å². The van der Waals surface area contributed by atoms with Gasteiger partial charge >= 0.3 is 24.2 Å². The average molecular weight is 433 g/mol. The van der Waals surface area contributed by atoms with E-state index in [2.05, 4.69) is 15.1 Å². The van der Waals surface area contributed by atoms with E-state index < -0.39 is 41.5 Å². The molecule has 0 saturated carbocycles. The predicted octanol–water partition coefficient (Wildman–Crippen LogP) is 3.12. The highest BCUT2D eigenvalue weighted by Gasteiger charge is 2.24. The number of anilines is 1. The summed E-state index contributed by atoms with van der Waals surface area (Å²) in [6.07, 6.45) is -3.86. The van der Waals surface area contributed by atoms with E-state index >= 15 is 0 Å². The number of hydrogen-bond donors (Lipinski definition) is 3. The van der Waals surface area contributed by atoms with Gasteiger partial charge in [-0.3, -0.25) is 5.32 Å². The zero-order valence-corrected chi connectivity index (χ0v) is 17.1. The fourth-order valence-electron chi connectivity index (χ4n) is 1.88. The van der Waals surface area contributed by atoms with Crippen LogP contribution in [-0.4, -0.2) is 63.3 Å². The van der Waals surface area contributed by atoms with Crippen molar-refractivity contribution in [1.29, 1.82) is 0 Å². The zero-order valence-electron chi connectivity index (χ0n) is 16.3. The molecular weight excluding hydrogens is 410 g/mol. The number of esters is 1. The van der Waals surface area contributed by atoms with Crippen LogP contribution in [0.1, 0.15) is 45.7 Å². The first kappa shape index (κ1) is 24.1. The molecule has 1 heterocycles. The second kappa shape index (κ2) is 10.6. The summed E-state index contributed by atoms with van der Waals surface area (Å²) in [4.78, 5) is 53.4. The third-order valence-electron chi connectivity index (χ3n) is 3.15. The summed E-state index contributed by atoms with van der Waals surface area (Å²) >= 11 is 1.18. The quantitative estimate of drug-likeness (QED) is 0.409. The van der Waals surface area contributed by atoms with Crippen molar-refractivity contribution in [3.8, 4) is 0 Å². The molecule has 1 atom stereocenters. The van der Waals surface area contributed by atoms with Crippen LogP contribution in [-0.2, 0) is 19.1 Å². The molecule has 0 aliphatic carbocycles. The lowest BCUT2D eigenvalue weighted by molar-refractivity contribution is -0.165. The SMILES string of the molecule is CCC(COC(=O)CON(C(=O)O)C(=O)O)c1csc(NC(=O)OC(C)(C)C)n1. The van der Waals surface area contributed by atoms with Gasteiger partial charge in [0.2, 0.25) is 0 Å². The number of nitrogens with zero attached hydrogens (tertiary/aromatic N) is 2. The van der Waals surface area contributed by atoms with Crippen molar-refractivity contribution in [2.75, 3.05) is 18.5 Å². The lowest BCUT2D eigenvalue weighted by atomic mass is 10.1. The van der Waals surface area contributed by atoms with E-state index in [1.807, 2.05) is 6.92 Å². The first-order chi connectivity index (χ1) is 13.4. The largest absolute Gasteiger partial charge is 0.463 e. The summed E-state index contributed by atoms with van der Waals surface area (Å²) in [5.74, 6) is -1.24. The molecule has 29 heavy (non-hydrogen) atoms. The molecule has 0 aromatic carbocycles. The Morgan fingerprint density at radius 2 is 1.86 bits per heavy atom. The van der Waals surface area contributed by atoms with Crippen molar-refractivity contribution < 1.29 is 43.7 Å². The van der Waals surface area contributed by atoms with Crippen molar-refractivity contribution in [2.24, 2.45) is 0 Å². The highest BCUT2D eigenvalue weighted by molar-refractivity contribution is 7.13. The molecule has 162 valence electrons. The molecule has 1 aromatic heterocycles. The fraction of sp³-hybridized carbons (Fsp3) is 0.562. The maximum Gasteiger partial charge on any atom is 0.441 e. The topological polar surface area (TPSA) is 165 Å². The Balaban J connectivity index is 2.56. The Morgan fingerprint density at radius 3 is 2.38 bits per heavy atom. The first-order valence-corrected chi connectivity index (χ1v) is 9.30. The third-order valence-corrected chi connectivity index (χ3v) is 3.92. The molecule has 12 nitrogen and oxygen atoms in total. The Hall–Kier alpha value is -2.93. The van der Waals surface area contributed by atoms with Gasteiger partial charge in [0.15, 0.2) is 11.7 Å². The molecule has 3 N–H and O–H groups in total. The van der Waals surface area contributed by atoms with Gasteiger partial charge in [0.05, 0.1) is 12.3 Å². The van der Waals surface area contributed by atoms with Crippen molar-refractivity contribution in [1.82, 2.24) is 10.0 Å². The fourth-order valence-corrected chi connectivity index (χ4v) is 2.66. The highest BCUT2D eigenvalue weighted by Crippen LogP contribution is 2.25. The Kier molecular flexibility index (Phi) is 8.79. The maximum atomic E-state index is 11.8. The number of hydroxylamine groups is 2. The number of imide groups is 1. The van der Waals surface area contributed by atoms with E-state index in [1.54, 1.807) is 26.2 Å². The van der Waals surface area contributed by atoms with E-state index in [4.69, 9.17) is 19.7 Å². The minimum Gasteiger partial charge on any atom is -0.463 e. The van der Waals surface area contributed by atoms with Crippen LogP contribution in [0.5, 0.6) is 0 Å². The minimum absolute atomic E-state index is 0.0888. The van der Waals surface area contributed by atoms with Crippen LogP contribution < -0.4 is 5.32 Å². The monoisotopic (exact) mass is 433 g/mol. The summed E-state index contributed by atoms with van der Waals surface area (Å²) in [7, 11) is 0. The lowest BCUT2D eigenvalue weighted by Gasteiger charge is -2.19. The molecule has 0 aliphatic heterocycles. The molecule has 0 saturated heterocycles. The third kappa shape index (κ3) is 8.74. The van der Waals surface area contributed by atoms with Gasteiger partial charge in [-0.2, -0.15) is 0 Å². The molecule has 0 fully saturated rings. The van der Waals surface area contributed by atoms with Crippen LogP contribution in [0.4, 0.5) is 19.5 Å². The van der Waals surface area contributed by atoms with Crippen LogP contribution in [0.2, 0.25) is 0 Å². The normalized spacial score (nSPS) is 12.0. The molecule has 1 unspecified atom stereocenters. The van der Waals surface area contributed by atoms with Crippen molar-refractivity contribution in [3.63, 3.8) is 0 Å². The van der Waals surface area contributed by atoms with Gasteiger partial charge in [0.1, 0.15) is 5.60 Å². The van der Waals surface area contributed by atoms with Gasteiger partial charge in [-0.25, -0.2) is 29.0 Å². The molecule has 0 aliphatic rings. The smallest absolute Gasteiger partial charge is 0.441 e. The average Bonchev–Trinajstić information content (AvgIpc) is 3.01. The van der Waals surface area contributed by atoms with Crippen molar-refractivity contribution in [3.05, 3.63) is 11.1 Å². The number of carbonyl (C=O) groups excluding carboxylic acids is 2. The summed E-state index contributed by atoms with van der Waals surface area (Å²) in [6, 6.07) is 0. The lowest BCUT2D eigenvalue weighted by Crippen LogP contribution is -2.36. The molecule has 1 rings (SSSR count). The molecule has 0 bridgehead atoms. The second-order valence-electron chi connectivity index (χ2n) is 6.63. The van der Waals surface area contributed by atoms with Gasteiger partial charge in [-0.15, -0.1) is 11.3 Å². The molecule has 0 spiro atoms. The Labute approximate surface area is 170 Å². The van der Waals surface area contributed by atoms with Crippen LogP contribution in [0.15, 0.2) is 5.38 Å².